The quantitative estimate of drug-likeness (QED) is 0.476. The molecule has 0 atom stereocenters. The van der Waals surface area contributed by atoms with Gasteiger partial charge in [-0.2, -0.15) is 0 Å². The number of unbranched alkanes of at least 4 members (excludes halogenated alkanes) is 2. The van der Waals surface area contributed by atoms with Crippen LogP contribution in [0.5, 0.6) is 0 Å². The summed E-state index contributed by atoms with van der Waals surface area (Å²) in [6.07, 6.45) is 5.56. The average molecular weight is 298 g/mol. The third kappa shape index (κ3) is 10.8. The number of rotatable bonds is 8. The van der Waals surface area contributed by atoms with E-state index in [1.807, 2.05) is 0 Å². The third-order valence-electron chi connectivity index (χ3n) is 1.48. The molecule has 0 N–H and O–H groups in total. The summed E-state index contributed by atoms with van der Waals surface area (Å²) in [4.78, 5) is 4.89. The van der Waals surface area contributed by atoms with Crippen LogP contribution >= 0.6 is 0 Å². The van der Waals surface area contributed by atoms with Crippen molar-refractivity contribution in [1.29, 1.82) is 0 Å². The molecule has 0 amide bonds. The molecule has 12 heavy (non-hydrogen) atoms. The number of hydrogen-bond donors (Lipinski definition) is 0. The van der Waals surface area contributed by atoms with E-state index in [9.17, 15) is 0 Å². The fraction of sp³-hybridized carbons (Fsp3) is 0.800. The van der Waals surface area contributed by atoms with Gasteiger partial charge in [0, 0.05) is 0 Å². The second kappa shape index (κ2) is 11.8. The summed E-state index contributed by atoms with van der Waals surface area (Å²) in [6, 6.07) is 0. The molecule has 0 fully saturated rings. The van der Waals surface area contributed by atoms with Gasteiger partial charge >= 0.3 is 90.0 Å². The molecule has 0 radical (unpaired) electrons. The van der Waals surface area contributed by atoms with Gasteiger partial charge in [-0.3, -0.25) is 0 Å². The Hall–Kier alpha value is 0.779. The molecule has 0 aliphatic heterocycles. The van der Waals surface area contributed by atoms with Gasteiger partial charge in [0.1, 0.15) is 0 Å². The summed E-state index contributed by atoms with van der Waals surface area (Å²) in [5, 5.41) is 2.90. The summed E-state index contributed by atoms with van der Waals surface area (Å²) in [5.41, 5.74) is 0. The Morgan fingerprint density at radius 3 is 1.58 bits per heavy atom. The van der Waals surface area contributed by atoms with E-state index >= 15 is 0 Å². The molecular formula is C10H20Se2. The van der Waals surface area contributed by atoms with E-state index in [4.69, 9.17) is 0 Å². The molecule has 0 heterocycles. The molecule has 0 aliphatic carbocycles. The summed E-state index contributed by atoms with van der Waals surface area (Å²) in [6.45, 7) is 4.54. The van der Waals surface area contributed by atoms with Crippen molar-refractivity contribution in [2.75, 3.05) is 0 Å². The van der Waals surface area contributed by atoms with Crippen LogP contribution in [0.3, 0.4) is 0 Å². The van der Waals surface area contributed by atoms with Gasteiger partial charge in [0.15, 0.2) is 0 Å². The molecule has 0 aromatic heterocycles. The van der Waals surface area contributed by atoms with E-state index in [0.29, 0.717) is 0 Å². The molecule has 0 nitrogen and oxygen atoms in total. The monoisotopic (exact) mass is 300 g/mol. The summed E-state index contributed by atoms with van der Waals surface area (Å²) in [5.74, 6) is 0. The van der Waals surface area contributed by atoms with Gasteiger partial charge in [0.2, 0.25) is 0 Å². The Balaban J connectivity index is 2.93. The molecule has 0 rings (SSSR count). The van der Waals surface area contributed by atoms with E-state index in [2.05, 4.69) is 23.8 Å². The average Bonchev–Trinajstić information content (AvgIpc) is 2.10. The molecule has 0 unspecified atom stereocenters. The molecule has 2 heteroatoms. The summed E-state index contributed by atoms with van der Waals surface area (Å²) < 4.78 is 0. The van der Waals surface area contributed by atoms with Crippen LogP contribution in [0, 0.1) is 0 Å². The molecular weight excluding hydrogens is 278 g/mol. The molecule has 0 spiro atoms. The van der Waals surface area contributed by atoms with Gasteiger partial charge in [-0.1, -0.05) is 0 Å². The van der Waals surface area contributed by atoms with Crippen molar-refractivity contribution >= 4 is 29.9 Å². The van der Waals surface area contributed by atoms with Crippen molar-refractivity contribution in [2.45, 2.75) is 50.2 Å². The van der Waals surface area contributed by atoms with Crippen LogP contribution in [0.15, 0.2) is 9.95 Å². The Morgan fingerprint density at radius 1 is 0.833 bits per heavy atom. The van der Waals surface area contributed by atoms with Gasteiger partial charge in [-0.05, 0) is 0 Å². The normalized spacial score (nSPS) is 11.2. The standard InChI is InChI=1S/C10H20Se2/c1-3-5-7-11-9-10-12-8-6-4-2/h9-10H,3-8H2,1-2H3. The van der Waals surface area contributed by atoms with Crippen molar-refractivity contribution in [1.82, 2.24) is 0 Å². The van der Waals surface area contributed by atoms with Crippen molar-refractivity contribution in [2.24, 2.45) is 0 Å². The fourth-order valence-corrected chi connectivity index (χ4v) is 5.19. The Morgan fingerprint density at radius 2 is 1.25 bits per heavy atom. The second-order valence-corrected chi connectivity index (χ2v) is 6.97. The van der Waals surface area contributed by atoms with E-state index in [1.54, 1.807) is 0 Å². The van der Waals surface area contributed by atoms with Gasteiger partial charge < -0.3 is 0 Å². The molecule has 0 aliphatic rings. The van der Waals surface area contributed by atoms with Crippen LogP contribution < -0.4 is 0 Å². The predicted molar refractivity (Wildman–Crippen MR) is 60.1 cm³/mol. The Bertz CT molecular complexity index is 88.0. The molecule has 72 valence electrons. The van der Waals surface area contributed by atoms with Gasteiger partial charge in [0.25, 0.3) is 0 Å². The van der Waals surface area contributed by atoms with Gasteiger partial charge in [-0.15, -0.1) is 0 Å². The second-order valence-electron chi connectivity index (χ2n) is 2.72. The minimum atomic E-state index is 0.809. The van der Waals surface area contributed by atoms with Crippen LogP contribution in [0.2, 0.25) is 10.6 Å². The van der Waals surface area contributed by atoms with Crippen molar-refractivity contribution in [3.63, 3.8) is 0 Å². The molecule has 0 aromatic carbocycles. The fourth-order valence-electron chi connectivity index (χ4n) is 0.670. The molecule has 0 bridgehead atoms. The molecule has 0 aromatic rings. The SMILES string of the molecule is CCCC[Se]C=C[Se]CCCC. The molecule has 0 saturated carbocycles. The van der Waals surface area contributed by atoms with Crippen molar-refractivity contribution in [3.8, 4) is 0 Å². The first kappa shape index (κ1) is 12.8. The zero-order chi connectivity index (χ0) is 9.07. The van der Waals surface area contributed by atoms with Gasteiger partial charge in [0.05, 0.1) is 0 Å². The first-order valence-corrected chi connectivity index (χ1v) is 9.20. The first-order valence-electron chi connectivity index (χ1n) is 4.80. The summed E-state index contributed by atoms with van der Waals surface area (Å²) in [7, 11) is 0. The topological polar surface area (TPSA) is 0 Å². The van der Waals surface area contributed by atoms with Crippen molar-refractivity contribution in [3.05, 3.63) is 9.95 Å². The third-order valence-corrected chi connectivity index (χ3v) is 5.93. The van der Waals surface area contributed by atoms with Crippen LogP contribution in [0.4, 0.5) is 0 Å². The van der Waals surface area contributed by atoms with E-state index in [0.717, 1.165) is 29.9 Å². The number of hydrogen-bond acceptors (Lipinski definition) is 0. The first-order chi connectivity index (χ1) is 5.91. The van der Waals surface area contributed by atoms with Crippen LogP contribution in [-0.4, -0.2) is 29.9 Å². The van der Waals surface area contributed by atoms with E-state index in [1.165, 1.54) is 36.3 Å². The van der Waals surface area contributed by atoms with Crippen molar-refractivity contribution < 1.29 is 0 Å². The zero-order valence-electron chi connectivity index (χ0n) is 8.21. The van der Waals surface area contributed by atoms with Crippen LogP contribution in [0.25, 0.3) is 0 Å². The minimum absolute atomic E-state index is 0.809. The maximum absolute atomic E-state index is 2.44. The predicted octanol–water partition coefficient (Wildman–Crippen LogP) is 3.30. The van der Waals surface area contributed by atoms with Gasteiger partial charge in [-0.25, -0.2) is 0 Å². The van der Waals surface area contributed by atoms with Crippen LogP contribution in [0.1, 0.15) is 39.5 Å². The Labute approximate surface area is 89.9 Å². The van der Waals surface area contributed by atoms with Crippen LogP contribution in [-0.2, 0) is 0 Å². The van der Waals surface area contributed by atoms with E-state index < -0.39 is 0 Å². The Kier molecular flexibility index (Phi) is 12.5. The van der Waals surface area contributed by atoms with E-state index in [-0.39, 0.29) is 0 Å². The summed E-state index contributed by atoms with van der Waals surface area (Å²) >= 11 is 1.62. The molecule has 0 saturated heterocycles. The zero-order valence-corrected chi connectivity index (χ0v) is 11.6. The maximum atomic E-state index is 2.44.